The largest absolute Gasteiger partial charge is 0.398 e. The molecule has 3 nitrogen and oxygen atoms in total. The van der Waals surface area contributed by atoms with Crippen LogP contribution in [0.25, 0.3) is 77.6 Å². The number of fused-ring (bicyclic) bond motifs is 8. The van der Waals surface area contributed by atoms with Crippen LogP contribution in [0.4, 0.5) is 5.69 Å². The number of nitrogen functional groups attached to an aromatic ring is 1. The van der Waals surface area contributed by atoms with Crippen LogP contribution in [-0.2, 0) is 6.54 Å². The topological polar surface area (TPSA) is 43.3 Å². The second-order valence-corrected chi connectivity index (χ2v) is 17.2. The van der Waals surface area contributed by atoms with E-state index in [1.54, 1.807) is 0 Å². The number of anilines is 1. The lowest BCUT2D eigenvalue weighted by molar-refractivity contribution is 0.694. The summed E-state index contributed by atoms with van der Waals surface area (Å²) < 4.78 is 2.51. The van der Waals surface area contributed by atoms with Gasteiger partial charge in [0.15, 0.2) is 0 Å². The van der Waals surface area contributed by atoms with Gasteiger partial charge in [-0.25, -0.2) is 0 Å². The van der Waals surface area contributed by atoms with Gasteiger partial charge in [0.25, 0.3) is 0 Å². The molecule has 0 radical (unpaired) electrons. The van der Waals surface area contributed by atoms with Gasteiger partial charge in [-0.15, -0.1) is 0 Å². The molecule has 1 aromatic heterocycles. The Kier molecular flexibility index (Phi) is 9.53. The van der Waals surface area contributed by atoms with Crippen LogP contribution in [0.3, 0.4) is 0 Å². The summed E-state index contributed by atoms with van der Waals surface area (Å²) >= 11 is 0. The summed E-state index contributed by atoms with van der Waals surface area (Å²) in [5.74, 6) is 0.569. The molecule has 308 valence electrons. The lowest BCUT2D eigenvalue weighted by Gasteiger charge is -2.26. The van der Waals surface area contributed by atoms with Crippen molar-refractivity contribution in [2.24, 2.45) is 10.9 Å². The van der Waals surface area contributed by atoms with Crippen molar-refractivity contribution in [1.82, 2.24) is 4.57 Å². The number of benzene rings is 9. The molecule has 0 amide bonds. The average Bonchev–Trinajstić information content (AvgIpc) is 3.72. The number of nitrogens with zero attached hydrogens (tertiary/aromatic N) is 2. The second kappa shape index (κ2) is 16.1. The maximum atomic E-state index is 6.69. The Morgan fingerprint density at radius 1 is 0.508 bits per heavy atom. The molecule has 3 heteroatoms. The summed E-state index contributed by atoms with van der Waals surface area (Å²) in [6.07, 6.45) is 13.9. The fraction of sp³-hybridized carbons (Fsp3) is 0.0484. The minimum absolute atomic E-state index is 0.251. The highest BCUT2D eigenvalue weighted by Gasteiger charge is 2.31. The Hall–Kier alpha value is -8.27. The van der Waals surface area contributed by atoms with Crippen LogP contribution in [0.15, 0.2) is 236 Å². The number of rotatable bonds is 8. The van der Waals surface area contributed by atoms with Crippen molar-refractivity contribution in [2.75, 3.05) is 5.73 Å². The Morgan fingerprint density at radius 2 is 1.12 bits per heavy atom. The maximum Gasteiger partial charge on any atom is 0.0743 e. The molecule has 12 rings (SSSR count). The number of para-hydroxylation sites is 1. The molecule has 2 aliphatic carbocycles. The molecule has 2 atom stereocenters. The van der Waals surface area contributed by atoms with Crippen LogP contribution >= 0.6 is 0 Å². The van der Waals surface area contributed by atoms with Gasteiger partial charge in [-0.1, -0.05) is 206 Å². The predicted octanol–water partition coefficient (Wildman–Crippen LogP) is 15.4. The minimum atomic E-state index is 0.251. The molecule has 2 aliphatic rings. The number of nitrogens with two attached hydrogens (primary N) is 1. The summed E-state index contributed by atoms with van der Waals surface area (Å²) in [4.78, 5) is 5.42. The highest BCUT2D eigenvalue weighted by atomic mass is 15.0. The van der Waals surface area contributed by atoms with Crippen molar-refractivity contribution in [2.45, 2.75) is 12.5 Å². The quantitative estimate of drug-likeness (QED) is 0.120. The van der Waals surface area contributed by atoms with Gasteiger partial charge in [-0.05, 0) is 91.0 Å². The zero-order chi connectivity index (χ0) is 43.3. The van der Waals surface area contributed by atoms with E-state index in [0.29, 0.717) is 18.2 Å². The van der Waals surface area contributed by atoms with Crippen LogP contribution in [0.5, 0.6) is 0 Å². The molecule has 0 saturated heterocycles. The lowest BCUT2D eigenvalue weighted by Crippen LogP contribution is -2.14. The van der Waals surface area contributed by atoms with Gasteiger partial charge in [-0.3, -0.25) is 4.99 Å². The molecule has 65 heavy (non-hydrogen) atoms. The van der Waals surface area contributed by atoms with Gasteiger partial charge in [0.1, 0.15) is 0 Å². The van der Waals surface area contributed by atoms with Gasteiger partial charge < -0.3 is 10.3 Å². The van der Waals surface area contributed by atoms with E-state index in [9.17, 15) is 0 Å². The Morgan fingerprint density at radius 3 is 1.86 bits per heavy atom. The predicted molar refractivity (Wildman–Crippen MR) is 275 cm³/mol. The van der Waals surface area contributed by atoms with Gasteiger partial charge in [-0.2, -0.15) is 0 Å². The first-order valence-corrected chi connectivity index (χ1v) is 22.5. The fourth-order valence-electron chi connectivity index (χ4n) is 10.2. The lowest BCUT2D eigenvalue weighted by atomic mass is 9.78. The summed E-state index contributed by atoms with van der Waals surface area (Å²) in [6.45, 7) is 0.493. The van der Waals surface area contributed by atoms with E-state index in [1.807, 2.05) is 18.2 Å². The van der Waals surface area contributed by atoms with Crippen molar-refractivity contribution >= 4 is 49.9 Å². The molecule has 10 aromatic rings. The average molecular weight is 832 g/mol. The summed E-state index contributed by atoms with van der Waals surface area (Å²) in [5, 5.41) is 6.24. The molecule has 1 unspecified atom stereocenters. The second-order valence-electron chi connectivity index (χ2n) is 17.2. The van der Waals surface area contributed by atoms with E-state index in [2.05, 4.69) is 223 Å². The van der Waals surface area contributed by atoms with Crippen LogP contribution in [0.1, 0.15) is 33.9 Å². The van der Waals surface area contributed by atoms with Crippen LogP contribution in [-0.4, -0.2) is 10.3 Å². The van der Waals surface area contributed by atoms with Gasteiger partial charge in [0.2, 0.25) is 0 Å². The van der Waals surface area contributed by atoms with E-state index in [1.165, 1.54) is 71.5 Å². The Bertz CT molecular complexity index is 3550. The molecule has 2 N–H and O–H groups in total. The van der Waals surface area contributed by atoms with Crippen molar-refractivity contribution in [3.63, 3.8) is 0 Å². The Balaban J connectivity index is 0.950. The van der Waals surface area contributed by atoms with Gasteiger partial charge in [0, 0.05) is 39.4 Å². The molecule has 0 spiro atoms. The summed E-state index contributed by atoms with van der Waals surface area (Å²) in [6, 6.07) is 71.8. The van der Waals surface area contributed by atoms with Crippen molar-refractivity contribution in [1.29, 1.82) is 0 Å². The smallest absolute Gasteiger partial charge is 0.0743 e. The SMILES string of the molecule is Nc1ccccc1C(=NCc1ccc(-n2c3c(c4c5ccc(-c6ccccc6)cc5ccc42)[C@H]2C=CC=CC2C=C3)c2ccccc12)c1ccc(-c2ccc(-c3ccccc3)cc2)cc1. The molecule has 0 fully saturated rings. The fourth-order valence-corrected chi connectivity index (χ4v) is 10.2. The normalized spacial score (nSPS) is 15.4. The summed E-state index contributed by atoms with van der Waals surface area (Å²) in [7, 11) is 0. The molecule has 9 aromatic carbocycles. The third-order valence-corrected chi connectivity index (χ3v) is 13.5. The first-order chi connectivity index (χ1) is 32.2. The zero-order valence-electron chi connectivity index (χ0n) is 35.9. The van der Waals surface area contributed by atoms with Crippen LogP contribution < -0.4 is 5.73 Å². The molecular weight excluding hydrogens is 787 g/mol. The van der Waals surface area contributed by atoms with E-state index >= 15 is 0 Å². The molecule has 1 heterocycles. The third kappa shape index (κ3) is 6.81. The standard InChI is InChI=1S/C62H45N3/c63-56-22-12-11-21-55(56)62(47-29-27-45(28-30-47)44-25-23-43(24-26-44)41-13-3-1-4-14-41)64-40-50-34-36-57(54-20-10-9-18-51(50)54)65-58-37-32-46-17-7-8-19-52(46)60(58)61-53-35-31-48(42-15-5-2-6-16-42)39-49(53)33-38-59(61)65/h1-39,46,52H,40,63H2/t46?,52-/m0/s1. The van der Waals surface area contributed by atoms with Crippen molar-refractivity contribution in [3.8, 4) is 39.1 Å². The van der Waals surface area contributed by atoms with E-state index in [4.69, 9.17) is 10.7 Å². The number of aliphatic imine (C=N–C) groups is 1. The van der Waals surface area contributed by atoms with E-state index in [0.717, 1.165) is 33.7 Å². The monoisotopic (exact) mass is 831 g/mol. The summed E-state index contributed by atoms with van der Waals surface area (Å²) in [5.41, 5.74) is 23.6. The highest BCUT2D eigenvalue weighted by molar-refractivity contribution is 6.16. The molecular formula is C62H45N3. The number of allylic oxidation sites excluding steroid dienone is 5. The van der Waals surface area contributed by atoms with Crippen molar-refractivity contribution in [3.05, 3.63) is 259 Å². The minimum Gasteiger partial charge on any atom is -0.398 e. The van der Waals surface area contributed by atoms with E-state index in [-0.39, 0.29) is 5.92 Å². The van der Waals surface area contributed by atoms with E-state index < -0.39 is 0 Å². The van der Waals surface area contributed by atoms with Gasteiger partial charge in [0.05, 0.1) is 29.2 Å². The van der Waals surface area contributed by atoms with Crippen LogP contribution in [0.2, 0.25) is 0 Å². The third-order valence-electron chi connectivity index (χ3n) is 13.5. The first-order valence-electron chi connectivity index (χ1n) is 22.5. The zero-order valence-corrected chi connectivity index (χ0v) is 35.9. The van der Waals surface area contributed by atoms with Crippen molar-refractivity contribution < 1.29 is 0 Å². The molecule has 0 saturated carbocycles. The number of aromatic nitrogens is 1. The van der Waals surface area contributed by atoms with Crippen LogP contribution in [0, 0.1) is 5.92 Å². The first kappa shape index (κ1) is 38.4. The number of hydrogen-bond acceptors (Lipinski definition) is 2. The molecule has 0 bridgehead atoms. The molecule has 0 aliphatic heterocycles. The van der Waals surface area contributed by atoms with Gasteiger partial charge >= 0.3 is 0 Å². The Labute approximate surface area is 379 Å². The highest BCUT2D eigenvalue weighted by Crippen LogP contribution is 2.47. The maximum absolute atomic E-state index is 6.69. The number of hydrogen-bond donors (Lipinski definition) is 1.